The second kappa shape index (κ2) is 8.62. The molecule has 0 unspecified atom stereocenters. The zero-order valence-corrected chi connectivity index (χ0v) is 19.7. The van der Waals surface area contributed by atoms with E-state index in [0.29, 0.717) is 17.1 Å². The predicted octanol–water partition coefficient (Wildman–Crippen LogP) is 4.26. The fraction of sp³-hybridized carbons (Fsp3) is 0.192. The van der Waals surface area contributed by atoms with Crippen LogP contribution in [0.4, 0.5) is 0 Å². The highest BCUT2D eigenvalue weighted by Gasteiger charge is 2.27. The Morgan fingerprint density at radius 2 is 1.62 bits per heavy atom. The number of ether oxygens (including phenoxy) is 2. The number of pyridine rings is 1. The molecule has 0 fully saturated rings. The Balaban J connectivity index is 1.56. The SMILES string of the molecule is Cc1cc2cc(CN(Cc3ccc4c(c3)OCO4)S(=O)(=O)c3ccccc3)c(=O)[nH]c2cc1C. The molecule has 0 spiro atoms. The molecule has 0 saturated heterocycles. The Morgan fingerprint density at radius 1 is 0.882 bits per heavy atom. The molecule has 1 aromatic heterocycles. The lowest BCUT2D eigenvalue weighted by atomic mass is 10.0. The molecule has 0 bridgehead atoms. The third kappa shape index (κ3) is 4.18. The van der Waals surface area contributed by atoms with Crippen molar-refractivity contribution in [3.63, 3.8) is 0 Å². The first-order chi connectivity index (χ1) is 16.3. The molecular formula is C26H24N2O5S. The number of H-pyrrole nitrogens is 1. The van der Waals surface area contributed by atoms with E-state index >= 15 is 0 Å². The molecule has 0 aliphatic carbocycles. The first kappa shape index (κ1) is 22.2. The van der Waals surface area contributed by atoms with Gasteiger partial charge in [-0.1, -0.05) is 24.3 Å². The molecule has 5 rings (SSSR count). The second-order valence-corrected chi connectivity index (χ2v) is 10.4. The third-order valence-corrected chi connectivity index (χ3v) is 7.86. The number of fused-ring (bicyclic) bond motifs is 2. The van der Waals surface area contributed by atoms with Gasteiger partial charge in [-0.25, -0.2) is 8.42 Å². The number of benzene rings is 3. The van der Waals surface area contributed by atoms with E-state index in [0.717, 1.165) is 27.6 Å². The molecule has 0 radical (unpaired) electrons. The van der Waals surface area contributed by atoms with Gasteiger partial charge in [-0.2, -0.15) is 4.31 Å². The number of nitrogens with one attached hydrogen (secondary N) is 1. The van der Waals surface area contributed by atoms with Crippen molar-refractivity contribution >= 4 is 20.9 Å². The minimum Gasteiger partial charge on any atom is -0.454 e. The number of hydrogen-bond acceptors (Lipinski definition) is 5. The largest absolute Gasteiger partial charge is 0.454 e. The highest BCUT2D eigenvalue weighted by Crippen LogP contribution is 2.33. The van der Waals surface area contributed by atoms with Gasteiger partial charge >= 0.3 is 0 Å². The summed E-state index contributed by atoms with van der Waals surface area (Å²) in [4.78, 5) is 16.0. The maximum atomic E-state index is 13.6. The number of sulfonamides is 1. The molecule has 1 aliphatic rings. The molecule has 3 aromatic carbocycles. The highest BCUT2D eigenvalue weighted by molar-refractivity contribution is 7.89. The van der Waals surface area contributed by atoms with Crippen molar-refractivity contribution in [1.82, 2.24) is 9.29 Å². The summed E-state index contributed by atoms with van der Waals surface area (Å²) in [7, 11) is -3.89. The molecule has 7 nitrogen and oxygen atoms in total. The first-order valence-corrected chi connectivity index (χ1v) is 12.3. The van der Waals surface area contributed by atoms with E-state index < -0.39 is 10.0 Å². The standard InChI is InChI=1S/C26H24N2O5S/c1-17-10-20-13-21(26(29)27-23(20)11-18(17)2)15-28(34(30,31)22-6-4-3-5-7-22)14-19-8-9-24-25(12-19)33-16-32-24/h3-13H,14-16H2,1-2H3,(H,27,29). The monoisotopic (exact) mass is 476 g/mol. The predicted molar refractivity (Wildman–Crippen MR) is 129 cm³/mol. The van der Waals surface area contributed by atoms with E-state index in [9.17, 15) is 13.2 Å². The maximum absolute atomic E-state index is 13.6. The minimum absolute atomic E-state index is 0.0677. The Bertz CT molecular complexity index is 1550. The molecule has 1 N–H and O–H groups in total. The van der Waals surface area contributed by atoms with Crippen molar-refractivity contribution in [3.8, 4) is 11.5 Å². The number of aromatic nitrogens is 1. The summed E-state index contributed by atoms with van der Waals surface area (Å²) in [6.07, 6.45) is 0. The maximum Gasteiger partial charge on any atom is 0.252 e. The Labute approximate surface area is 197 Å². The van der Waals surface area contributed by atoms with E-state index in [1.807, 2.05) is 26.0 Å². The lowest BCUT2D eigenvalue weighted by Gasteiger charge is -2.22. The van der Waals surface area contributed by atoms with Gasteiger partial charge in [-0.05, 0) is 78.4 Å². The molecule has 4 aromatic rings. The van der Waals surface area contributed by atoms with Crippen LogP contribution in [0.1, 0.15) is 22.3 Å². The van der Waals surface area contributed by atoms with Gasteiger partial charge in [0.25, 0.3) is 5.56 Å². The fourth-order valence-electron chi connectivity index (χ4n) is 4.04. The fourth-order valence-corrected chi connectivity index (χ4v) is 5.47. The van der Waals surface area contributed by atoms with Crippen LogP contribution in [0.15, 0.2) is 76.4 Å². The van der Waals surface area contributed by atoms with Crippen LogP contribution in [-0.4, -0.2) is 24.5 Å². The van der Waals surface area contributed by atoms with Crippen molar-refractivity contribution in [2.24, 2.45) is 0 Å². The summed E-state index contributed by atoms with van der Waals surface area (Å²) >= 11 is 0. The van der Waals surface area contributed by atoms with Crippen LogP contribution in [0.3, 0.4) is 0 Å². The van der Waals surface area contributed by atoms with Crippen molar-refractivity contribution in [1.29, 1.82) is 0 Å². The number of aromatic amines is 1. The van der Waals surface area contributed by atoms with E-state index in [4.69, 9.17) is 9.47 Å². The Morgan fingerprint density at radius 3 is 2.41 bits per heavy atom. The number of hydrogen-bond donors (Lipinski definition) is 1. The lowest BCUT2D eigenvalue weighted by Crippen LogP contribution is -2.32. The van der Waals surface area contributed by atoms with Gasteiger partial charge in [-0.3, -0.25) is 4.79 Å². The van der Waals surface area contributed by atoms with Gasteiger partial charge in [0.05, 0.1) is 4.90 Å². The van der Waals surface area contributed by atoms with Gasteiger partial charge in [0, 0.05) is 24.2 Å². The number of nitrogens with zero attached hydrogens (tertiary/aromatic N) is 1. The zero-order chi connectivity index (χ0) is 23.9. The molecule has 34 heavy (non-hydrogen) atoms. The van der Waals surface area contributed by atoms with Crippen LogP contribution >= 0.6 is 0 Å². The van der Waals surface area contributed by atoms with Crippen LogP contribution in [0.5, 0.6) is 11.5 Å². The van der Waals surface area contributed by atoms with Crippen LogP contribution in [0.25, 0.3) is 10.9 Å². The molecule has 1 aliphatic heterocycles. The summed E-state index contributed by atoms with van der Waals surface area (Å²) < 4.78 is 39.3. The summed E-state index contributed by atoms with van der Waals surface area (Å²) in [6, 6.07) is 19.3. The normalized spacial score (nSPS) is 13.0. The van der Waals surface area contributed by atoms with Crippen LogP contribution in [-0.2, 0) is 23.1 Å². The van der Waals surface area contributed by atoms with Crippen molar-refractivity contribution < 1.29 is 17.9 Å². The van der Waals surface area contributed by atoms with E-state index in [-0.39, 0.29) is 30.3 Å². The van der Waals surface area contributed by atoms with Gasteiger partial charge in [-0.15, -0.1) is 0 Å². The molecule has 0 atom stereocenters. The van der Waals surface area contributed by atoms with Crippen LogP contribution in [0.2, 0.25) is 0 Å². The third-order valence-electron chi connectivity index (χ3n) is 6.06. The topological polar surface area (TPSA) is 88.7 Å². The highest BCUT2D eigenvalue weighted by atomic mass is 32.2. The second-order valence-electron chi connectivity index (χ2n) is 8.42. The van der Waals surface area contributed by atoms with Crippen molar-refractivity contribution in [2.75, 3.05) is 6.79 Å². The molecular weight excluding hydrogens is 452 g/mol. The van der Waals surface area contributed by atoms with Gasteiger partial charge in [0.2, 0.25) is 16.8 Å². The van der Waals surface area contributed by atoms with Gasteiger partial charge < -0.3 is 14.5 Å². The molecule has 0 saturated carbocycles. The first-order valence-electron chi connectivity index (χ1n) is 10.9. The molecule has 0 amide bonds. The molecule has 2 heterocycles. The summed E-state index contributed by atoms with van der Waals surface area (Å²) in [5.74, 6) is 1.20. The summed E-state index contributed by atoms with van der Waals surface area (Å²) in [5.41, 5.74) is 3.69. The molecule has 8 heteroatoms. The quantitative estimate of drug-likeness (QED) is 0.449. The minimum atomic E-state index is -3.89. The Kier molecular flexibility index (Phi) is 5.63. The summed E-state index contributed by atoms with van der Waals surface area (Å²) in [5, 5.41) is 0.859. The average molecular weight is 477 g/mol. The van der Waals surface area contributed by atoms with Gasteiger partial charge in [0.1, 0.15) is 0 Å². The number of rotatable bonds is 6. The van der Waals surface area contributed by atoms with E-state index in [2.05, 4.69) is 4.98 Å². The van der Waals surface area contributed by atoms with Crippen molar-refractivity contribution in [3.05, 3.63) is 99.3 Å². The number of aryl methyl sites for hydroxylation is 2. The Hall–Kier alpha value is -3.62. The van der Waals surface area contributed by atoms with Gasteiger partial charge in [0.15, 0.2) is 11.5 Å². The van der Waals surface area contributed by atoms with Crippen LogP contribution < -0.4 is 15.0 Å². The zero-order valence-electron chi connectivity index (χ0n) is 18.9. The van der Waals surface area contributed by atoms with Crippen LogP contribution in [0, 0.1) is 13.8 Å². The smallest absolute Gasteiger partial charge is 0.252 e. The van der Waals surface area contributed by atoms with E-state index in [1.165, 1.54) is 4.31 Å². The summed E-state index contributed by atoms with van der Waals surface area (Å²) in [6.45, 7) is 4.12. The van der Waals surface area contributed by atoms with Crippen molar-refractivity contribution in [2.45, 2.75) is 31.8 Å². The lowest BCUT2D eigenvalue weighted by molar-refractivity contribution is 0.174. The van der Waals surface area contributed by atoms with E-state index in [1.54, 1.807) is 54.6 Å². The molecule has 174 valence electrons. The average Bonchev–Trinajstić information content (AvgIpc) is 3.29.